The quantitative estimate of drug-likeness (QED) is 0.721. The third-order valence-electron chi connectivity index (χ3n) is 1.41. The van der Waals surface area contributed by atoms with Gasteiger partial charge in [-0.2, -0.15) is 5.10 Å². The molecule has 1 aromatic rings. The van der Waals surface area contributed by atoms with Gasteiger partial charge in [-0.05, 0) is 13.3 Å². The molecule has 0 unspecified atom stereocenters. The fourth-order valence-corrected chi connectivity index (χ4v) is 0.758. The minimum atomic E-state index is 0. The van der Waals surface area contributed by atoms with Gasteiger partial charge in [0, 0.05) is 0 Å². The van der Waals surface area contributed by atoms with Crippen LogP contribution in [0, 0.1) is 6.92 Å². The van der Waals surface area contributed by atoms with Crippen molar-refractivity contribution in [2.75, 3.05) is 5.73 Å². The molecule has 0 aromatic carbocycles. The minimum Gasteiger partial charge on any atom is -0.396 e. The molecule has 1 rings (SSSR count). The molecule has 1 aromatic heterocycles. The Hall–Kier alpha value is -0.410. The number of H-pyrrole nitrogens is 1. The minimum absolute atomic E-state index is 0. The molecular weight excluding hydrogens is 185 g/mol. The first-order valence-electron chi connectivity index (χ1n) is 3.05. The van der Waals surface area contributed by atoms with E-state index in [0.29, 0.717) is 0 Å². The Morgan fingerprint density at radius 2 is 2.00 bits per heavy atom. The largest absolute Gasteiger partial charge is 0.396 e. The molecule has 0 saturated heterocycles. The van der Waals surface area contributed by atoms with Crippen LogP contribution >= 0.6 is 24.8 Å². The zero-order valence-electron chi connectivity index (χ0n) is 6.55. The smallest absolute Gasteiger partial charge is 0.0851 e. The van der Waals surface area contributed by atoms with Gasteiger partial charge in [-0.15, -0.1) is 24.8 Å². The molecule has 0 aliphatic carbocycles. The van der Waals surface area contributed by atoms with Crippen molar-refractivity contribution in [3.05, 3.63) is 11.4 Å². The lowest BCUT2D eigenvalue weighted by Gasteiger charge is -1.89. The van der Waals surface area contributed by atoms with Gasteiger partial charge >= 0.3 is 0 Å². The molecule has 3 N–H and O–H groups in total. The fourth-order valence-electron chi connectivity index (χ4n) is 0.758. The van der Waals surface area contributed by atoms with Crippen molar-refractivity contribution in [1.29, 1.82) is 0 Å². The molecule has 0 amide bonds. The molecule has 11 heavy (non-hydrogen) atoms. The lowest BCUT2D eigenvalue weighted by atomic mass is 10.3. The third kappa shape index (κ3) is 2.60. The maximum atomic E-state index is 5.62. The van der Waals surface area contributed by atoms with Gasteiger partial charge in [0.15, 0.2) is 0 Å². The van der Waals surface area contributed by atoms with E-state index in [0.717, 1.165) is 23.5 Å². The van der Waals surface area contributed by atoms with Crippen molar-refractivity contribution in [2.24, 2.45) is 0 Å². The van der Waals surface area contributed by atoms with Crippen LogP contribution in [0.4, 0.5) is 5.69 Å². The van der Waals surface area contributed by atoms with Crippen LogP contribution in [-0.4, -0.2) is 10.2 Å². The normalized spacial score (nSPS) is 8.18. The van der Waals surface area contributed by atoms with Gasteiger partial charge in [0.1, 0.15) is 0 Å². The standard InChI is InChI=1S/C6H11N3.2ClH/c1-3-5-6(7)4(2)8-9-5;;/h3,7H2,1-2H3,(H,8,9);2*1H. The average molecular weight is 198 g/mol. The molecule has 0 spiro atoms. The Balaban J connectivity index is 0. The highest BCUT2D eigenvalue weighted by molar-refractivity contribution is 5.85. The zero-order valence-corrected chi connectivity index (χ0v) is 8.18. The number of nitrogens with two attached hydrogens (primary N) is 1. The van der Waals surface area contributed by atoms with Gasteiger partial charge in [0.25, 0.3) is 0 Å². The van der Waals surface area contributed by atoms with Crippen molar-refractivity contribution in [3.63, 3.8) is 0 Å². The van der Waals surface area contributed by atoms with Crippen LogP contribution < -0.4 is 5.73 Å². The summed E-state index contributed by atoms with van der Waals surface area (Å²) in [7, 11) is 0. The molecule has 0 atom stereocenters. The van der Waals surface area contributed by atoms with Crippen LogP contribution in [0.5, 0.6) is 0 Å². The summed E-state index contributed by atoms with van der Waals surface area (Å²) < 4.78 is 0. The number of aromatic amines is 1. The summed E-state index contributed by atoms with van der Waals surface area (Å²) in [6, 6.07) is 0. The number of hydrogen-bond donors (Lipinski definition) is 2. The summed E-state index contributed by atoms with van der Waals surface area (Å²) in [5.74, 6) is 0. The summed E-state index contributed by atoms with van der Waals surface area (Å²) in [6.45, 7) is 3.95. The SMILES string of the molecule is CCc1n[nH]c(C)c1N.Cl.Cl. The van der Waals surface area contributed by atoms with Crippen LogP contribution in [0.15, 0.2) is 0 Å². The second kappa shape index (κ2) is 5.27. The Morgan fingerprint density at radius 1 is 1.45 bits per heavy atom. The van der Waals surface area contributed by atoms with Crippen LogP contribution in [0.25, 0.3) is 0 Å². The lowest BCUT2D eigenvalue weighted by Crippen LogP contribution is -1.89. The van der Waals surface area contributed by atoms with Gasteiger partial charge in [0.05, 0.1) is 17.1 Å². The molecule has 3 nitrogen and oxygen atoms in total. The van der Waals surface area contributed by atoms with E-state index in [9.17, 15) is 0 Å². The molecule has 0 radical (unpaired) electrons. The zero-order chi connectivity index (χ0) is 6.85. The summed E-state index contributed by atoms with van der Waals surface area (Å²) in [6.07, 6.45) is 0.899. The molecule has 1 heterocycles. The van der Waals surface area contributed by atoms with Gasteiger partial charge in [-0.3, -0.25) is 5.10 Å². The average Bonchev–Trinajstić information content (AvgIpc) is 2.15. The number of nitrogen functional groups attached to an aromatic ring is 1. The number of nitrogens with zero attached hydrogens (tertiary/aromatic N) is 1. The van der Waals surface area contributed by atoms with Crippen molar-refractivity contribution in [3.8, 4) is 0 Å². The first kappa shape index (κ1) is 13.2. The summed E-state index contributed by atoms with van der Waals surface area (Å²) in [5, 5.41) is 6.80. The van der Waals surface area contributed by atoms with Gasteiger partial charge in [0.2, 0.25) is 0 Å². The van der Waals surface area contributed by atoms with E-state index in [1.54, 1.807) is 0 Å². The highest BCUT2D eigenvalue weighted by Crippen LogP contribution is 2.11. The molecule has 0 aliphatic heterocycles. The first-order valence-corrected chi connectivity index (χ1v) is 3.05. The predicted molar refractivity (Wildman–Crippen MR) is 51.6 cm³/mol. The van der Waals surface area contributed by atoms with Crippen LogP contribution in [-0.2, 0) is 6.42 Å². The molecule has 0 aliphatic rings. The van der Waals surface area contributed by atoms with Crippen molar-refractivity contribution in [1.82, 2.24) is 10.2 Å². The van der Waals surface area contributed by atoms with E-state index >= 15 is 0 Å². The first-order chi connectivity index (χ1) is 4.25. The third-order valence-corrected chi connectivity index (χ3v) is 1.41. The van der Waals surface area contributed by atoms with E-state index in [1.807, 2.05) is 13.8 Å². The summed E-state index contributed by atoms with van der Waals surface area (Å²) in [5.41, 5.74) is 8.35. The Kier molecular flexibility index (Phi) is 6.32. The Labute approximate surface area is 78.6 Å². The van der Waals surface area contributed by atoms with E-state index in [-0.39, 0.29) is 24.8 Å². The second-order valence-electron chi connectivity index (χ2n) is 2.06. The number of halogens is 2. The van der Waals surface area contributed by atoms with E-state index in [2.05, 4.69) is 10.2 Å². The van der Waals surface area contributed by atoms with Crippen LogP contribution in [0.1, 0.15) is 18.3 Å². The monoisotopic (exact) mass is 197 g/mol. The maximum absolute atomic E-state index is 5.62. The van der Waals surface area contributed by atoms with Gasteiger partial charge < -0.3 is 5.73 Å². The number of aryl methyl sites for hydroxylation is 2. The van der Waals surface area contributed by atoms with Crippen LogP contribution in [0.3, 0.4) is 0 Å². The number of hydrogen-bond acceptors (Lipinski definition) is 2. The second-order valence-corrected chi connectivity index (χ2v) is 2.06. The van der Waals surface area contributed by atoms with Crippen molar-refractivity contribution < 1.29 is 0 Å². The van der Waals surface area contributed by atoms with Gasteiger partial charge in [-0.25, -0.2) is 0 Å². The highest BCUT2D eigenvalue weighted by Gasteiger charge is 2.01. The molecule has 66 valence electrons. The number of rotatable bonds is 1. The number of aromatic nitrogens is 2. The molecule has 5 heteroatoms. The van der Waals surface area contributed by atoms with Crippen molar-refractivity contribution in [2.45, 2.75) is 20.3 Å². The fraction of sp³-hybridized carbons (Fsp3) is 0.500. The van der Waals surface area contributed by atoms with E-state index in [4.69, 9.17) is 5.73 Å². The maximum Gasteiger partial charge on any atom is 0.0851 e. The lowest BCUT2D eigenvalue weighted by molar-refractivity contribution is 0.963. The number of anilines is 1. The van der Waals surface area contributed by atoms with Crippen LogP contribution in [0.2, 0.25) is 0 Å². The Bertz CT molecular complexity index is 210. The Morgan fingerprint density at radius 3 is 2.18 bits per heavy atom. The van der Waals surface area contributed by atoms with Gasteiger partial charge in [-0.1, -0.05) is 6.92 Å². The summed E-state index contributed by atoms with van der Waals surface area (Å²) >= 11 is 0. The van der Waals surface area contributed by atoms with E-state index in [1.165, 1.54) is 0 Å². The number of nitrogens with one attached hydrogen (secondary N) is 1. The topological polar surface area (TPSA) is 54.7 Å². The van der Waals surface area contributed by atoms with Crippen molar-refractivity contribution >= 4 is 30.5 Å². The van der Waals surface area contributed by atoms with E-state index < -0.39 is 0 Å². The molecule has 0 bridgehead atoms. The molecular formula is C6H13Cl2N3. The highest BCUT2D eigenvalue weighted by atomic mass is 35.5. The predicted octanol–water partition coefficient (Wildman–Crippen LogP) is 1.71. The summed E-state index contributed by atoms with van der Waals surface area (Å²) in [4.78, 5) is 0. The molecule has 0 fully saturated rings. The molecule has 0 saturated carbocycles.